The van der Waals surface area contributed by atoms with E-state index in [0.29, 0.717) is 5.69 Å². The summed E-state index contributed by atoms with van der Waals surface area (Å²) in [6.07, 6.45) is 3.15. The van der Waals surface area contributed by atoms with Gasteiger partial charge in [0, 0.05) is 94.1 Å². The van der Waals surface area contributed by atoms with Gasteiger partial charge in [0.25, 0.3) is 17.4 Å². The Morgan fingerprint density at radius 1 is 0.939 bits per heavy atom. The van der Waals surface area contributed by atoms with Gasteiger partial charge in [-0.15, -0.1) is 0 Å². The molecular weight excluding hydrogens is 880 g/mol. The van der Waals surface area contributed by atoms with Crippen LogP contribution >= 0.6 is 11.6 Å². The monoisotopic (exact) mass is 934 g/mol. The third-order valence-electron chi connectivity index (χ3n) is 13.0. The molecule has 18 nitrogen and oxygen atoms in total. The minimum absolute atomic E-state index is 0.0466. The zero-order chi connectivity index (χ0) is 48.7. The molecule has 0 saturated carbocycles. The maximum Gasteiger partial charge on any atom is 0.312 e. The number of allylic oxidation sites excluding steroid dienone is 4. The number of phenolic OH excluding ortho intramolecular Hbond substituents is 1. The molecule has 0 unspecified atom stereocenters. The largest absolute Gasteiger partial charge is 0.507 e. The van der Waals surface area contributed by atoms with E-state index < -0.39 is 111 Å². The van der Waals surface area contributed by atoms with Crippen LogP contribution in [0.15, 0.2) is 65.7 Å². The molecule has 1 aliphatic carbocycles. The van der Waals surface area contributed by atoms with E-state index in [2.05, 4.69) is 5.32 Å². The van der Waals surface area contributed by atoms with Crippen molar-refractivity contribution in [3.8, 4) is 11.5 Å². The molecule has 4 N–H and O–H groups in total. The topological polar surface area (TPSA) is 245 Å². The van der Waals surface area contributed by atoms with Crippen molar-refractivity contribution >= 4 is 52.2 Å². The summed E-state index contributed by atoms with van der Waals surface area (Å²) in [5.74, 6) is -9.72. The number of carbonyl (C=O) groups excluding carboxylic acids is 5. The highest BCUT2D eigenvalue weighted by Crippen LogP contribution is 2.49. The molecule has 19 heteroatoms. The summed E-state index contributed by atoms with van der Waals surface area (Å²) in [6.45, 7) is 12.8. The number of carbonyl (C=O) groups is 5. The Labute approximate surface area is 386 Å². The summed E-state index contributed by atoms with van der Waals surface area (Å²) in [5.41, 5.74) is -1.63. The average Bonchev–Trinajstić information content (AvgIpc) is 3.54. The number of esters is 1. The van der Waals surface area contributed by atoms with E-state index in [-0.39, 0.29) is 65.0 Å². The second-order valence-corrected chi connectivity index (χ2v) is 17.8. The molecule has 5 bridgehead atoms. The highest BCUT2D eigenvalue weighted by Gasteiger charge is 2.53. The van der Waals surface area contributed by atoms with Crippen molar-refractivity contribution in [1.82, 2.24) is 10.2 Å². The number of hydrogen-bond donors (Lipinski definition) is 4. The van der Waals surface area contributed by atoms with Crippen molar-refractivity contribution in [1.29, 1.82) is 0 Å². The van der Waals surface area contributed by atoms with Gasteiger partial charge >= 0.3 is 11.8 Å². The molecule has 66 heavy (non-hydrogen) atoms. The molecule has 1 fully saturated rings. The number of Topliss-reactive ketones (excluding diaryl/α,β-unsaturated/α-hetero) is 3. The first kappa shape index (κ1) is 49.4. The van der Waals surface area contributed by atoms with Gasteiger partial charge in [0.2, 0.25) is 11.6 Å². The van der Waals surface area contributed by atoms with Crippen molar-refractivity contribution in [2.24, 2.45) is 23.7 Å². The standard InChI is InChI=1S/C47H55ClN4O14/c1-22-11-10-12-23(2)46(60)49-36-37(51-18-16-50(17-19-51)31-14-13-29(52(61)62)21-30(31)48)42(58)33-34(41(36)57)40(56)27(6)44-35(33)45(59)47(8,66-44)64-20-15-32(63-9)24(3)43(65-28(7)53)26(5)39(55)25(4)38(22)54/h10-15,20-22,24-26,32,38-39,43,54-56H,16-19H2,1-9H3,(H,49,60)/b11-10+,20-15+,23-12-/t22-,24+,25+,26-,32-,38-,39-,43+,47-/m0/s1. The summed E-state index contributed by atoms with van der Waals surface area (Å²) in [5, 5.41) is 48.7. The van der Waals surface area contributed by atoms with E-state index in [1.54, 1.807) is 38.7 Å². The quantitative estimate of drug-likeness (QED) is 0.168. The van der Waals surface area contributed by atoms with Gasteiger partial charge in [0.15, 0.2) is 0 Å². The Hall–Kier alpha value is -6.08. The summed E-state index contributed by atoms with van der Waals surface area (Å²) in [4.78, 5) is 85.0. The molecular formula is C47H55ClN4O14. The molecule has 0 spiro atoms. The lowest BCUT2D eigenvalue weighted by Crippen LogP contribution is -2.50. The number of phenols is 1. The zero-order valence-corrected chi connectivity index (χ0v) is 38.9. The number of nitrogens with zero attached hydrogens (tertiary/aromatic N) is 3. The minimum Gasteiger partial charge on any atom is -0.507 e. The van der Waals surface area contributed by atoms with Crippen LogP contribution in [0, 0.1) is 40.7 Å². The van der Waals surface area contributed by atoms with Crippen LogP contribution in [0.1, 0.15) is 85.1 Å². The number of aliphatic hydroxyl groups is 2. The van der Waals surface area contributed by atoms with Crippen molar-refractivity contribution < 1.29 is 63.2 Å². The van der Waals surface area contributed by atoms with Crippen LogP contribution in [0.25, 0.3) is 0 Å². The molecule has 7 rings (SSSR count). The van der Waals surface area contributed by atoms with Gasteiger partial charge in [-0.3, -0.25) is 34.1 Å². The second kappa shape index (κ2) is 19.4. The first-order chi connectivity index (χ1) is 31.0. The molecule has 4 heterocycles. The molecule has 2 aromatic rings. The summed E-state index contributed by atoms with van der Waals surface area (Å²) in [7, 11) is 1.41. The fourth-order valence-corrected chi connectivity index (χ4v) is 9.31. The van der Waals surface area contributed by atoms with Crippen molar-refractivity contribution in [3.05, 3.63) is 103 Å². The molecule has 1 amide bonds. The number of non-ortho nitro benzene ring substituents is 1. The number of aliphatic hydroxyl groups excluding tert-OH is 2. The average molecular weight is 935 g/mol. The van der Waals surface area contributed by atoms with Crippen LogP contribution in [0.5, 0.6) is 11.5 Å². The predicted molar refractivity (Wildman–Crippen MR) is 240 cm³/mol. The highest BCUT2D eigenvalue weighted by molar-refractivity contribution is 6.34. The van der Waals surface area contributed by atoms with E-state index in [1.165, 1.54) is 71.2 Å². The number of halogens is 1. The fourth-order valence-electron chi connectivity index (χ4n) is 9.01. The molecule has 4 aliphatic heterocycles. The normalized spacial score (nSPS) is 30.5. The van der Waals surface area contributed by atoms with Gasteiger partial charge in [0.1, 0.15) is 29.0 Å². The number of aromatic hydroxyl groups is 1. The number of piperazine rings is 1. The second-order valence-electron chi connectivity index (χ2n) is 17.4. The first-order valence-electron chi connectivity index (χ1n) is 21.5. The lowest BCUT2D eigenvalue weighted by Gasteiger charge is -2.40. The van der Waals surface area contributed by atoms with Crippen LogP contribution in [-0.2, 0) is 23.8 Å². The molecule has 9 atom stereocenters. The van der Waals surface area contributed by atoms with Crippen molar-refractivity contribution in [3.63, 3.8) is 0 Å². The van der Waals surface area contributed by atoms with Crippen LogP contribution in [0.3, 0.4) is 0 Å². The van der Waals surface area contributed by atoms with Crippen LogP contribution < -0.4 is 15.0 Å². The molecule has 5 aliphatic rings. The van der Waals surface area contributed by atoms with Gasteiger partial charge in [-0.25, -0.2) is 0 Å². The smallest absolute Gasteiger partial charge is 0.312 e. The van der Waals surface area contributed by atoms with Crippen molar-refractivity contribution in [2.75, 3.05) is 38.2 Å². The van der Waals surface area contributed by atoms with E-state index in [0.717, 1.165) is 6.26 Å². The number of amides is 1. The van der Waals surface area contributed by atoms with Crippen LogP contribution in [0.2, 0.25) is 5.02 Å². The third-order valence-corrected chi connectivity index (χ3v) is 13.3. The molecule has 0 radical (unpaired) electrons. The summed E-state index contributed by atoms with van der Waals surface area (Å²) in [6, 6.07) is 4.07. The maximum atomic E-state index is 15.1. The minimum atomic E-state index is -2.14. The summed E-state index contributed by atoms with van der Waals surface area (Å²) < 4.78 is 23.6. The molecule has 1 saturated heterocycles. The van der Waals surface area contributed by atoms with Gasteiger partial charge in [-0.1, -0.05) is 57.5 Å². The number of anilines is 1. The number of benzene rings is 2. The number of ether oxygens (including phenoxy) is 4. The Morgan fingerprint density at radius 3 is 2.20 bits per heavy atom. The number of hydrogen-bond acceptors (Lipinski definition) is 16. The SMILES string of the molecule is CO[C@H]1/C=C/O[C@@]2(C)Oc3c(C)c(O)c4c(c3C2=O)C(=O)C(N2CCN(c3ccc([N+](=O)[O-])cc3Cl)CC2)=C(NC(=O)/C(C)=C\C=C\[C@H](C)[C@H](O)[C@@H](C)[C@H](O)[C@H](C)[C@H](OC(C)=O)[C@@H]1C)C4=O. The molecule has 354 valence electrons. The fraction of sp³-hybridized carbons (Fsp3) is 0.468. The lowest BCUT2D eigenvalue weighted by atomic mass is 9.78. The number of nitro groups is 1. The van der Waals surface area contributed by atoms with E-state index in [9.17, 15) is 44.6 Å². The van der Waals surface area contributed by atoms with Gasteiger partial charge in [-0.2, -0.15) is 0 Å². The number of methoxy groups -OCH3 is 1. The Balaban J connectivity index is 1.46. The van der Waals surface area contributed by atoms with Crippen molar-refractivity contribution in [2.45, 2.75) is 85.6 Å². The lowest BCUT2D eigenvalue weighted by molar-refractivity contribution is -0.384. The zero-order valence-electron chi connectivity index (χ0n) is 38.1. The Bertz CT molecular complexity index is 2470. The van der Waals surface area contributed by atoms with E-state index >= 15 is 4.79 Å². The molecule has 2 aromatic carbocycles. The third kappa shape index (κ3) is 9.19. The number of nitrogens with one attached hydrogen (secondary N) is 1. The van der Waals surface area contributed by atoms with Crippen LogP contribution in [-0.4, -0.2) is 118 Å². The molecule has 0 aromatic heterocycles. The Kier molecular flexibility index (Phi) is 14.5. The predicted octanol–water partition coefficient (Wildman–Crippen LogP) is 5.34. The van der Waals surface area contributed by atoms with Crippen LogP contribution in [0.4, 0.5) is 11.4 Å². The number of ketones is 3. The van der Waals surface area contributed by atoms with Gasteiger partial charge in [-0.05, 0) is 26.0 Å². The first-order valence-corrected chi connectivity index (χ1v) is 21.9. The number of fused-ring (bicyclic) bond motifs is 14. The van der Waals surface area contributed by atoms with E-state index in [1.807, 2.05) is 4.90 Å². The van der Waals surface area contributed by atoms with Gasteiger partial charge < -0.3 is 49.4 Å². The number of rotatable bonds is 5. The van der Waals surface area contributed by atoms with E-state index in [4.69, 9.17) is 30.5 Å². The van der Waals surface area contributed by atoms with Gasteiger partial charge in [0.05, 0.1) is 56.9 Å². The summed E-state index contributed by atoms with van der Waals surface area (Å²) >= 11 is 6.46. The highest BCUT2D eigenvalue weighted by atomic mass is 35.5. The number of nitro benzene ring substituents is 1. The Morgan fingerprint density at radius 2 is 1.59 bits per heavy atom. The maximum absolute atomic E-state index is 15.1.